The lowest BCUT2D eigenvalue weighted by Gasteiger charge is -2.08. The van der Waals surface area contributed by atoms with Crippen molar-refractivity contribution in [1.82, 2.24) is 14.5 Å². The number of nitrogens with zero attached hydrogens (tertiary/aromatic N) is 3. The van der Waals surface area contributed by atoms with Crippen LogP contribution in [-0.2, 0) is 6.67 Å². The first-order chi connectivity index (χ1) is 9.63. The van der Waals surface area contributed by atoms with E-state index in [1.807, 2.05) is 32.0 Å². The van der Waals surface area contributed by atoms with E-state index in [0.717, 1.165) is 20.9 Å². The first-order valence-electron chi connectivity index (χ1n) is 6.28. The number of hydrogen-bond donors (Lipinski definition) is 1. The fraction of sp³-hybridized carbons (Fsp3) is 0.214. The number of nitrogens with one attached hydrogen (secondary N) is 1. The van der Waals surface area contributed by atoms with Gasteiger partial charge in [-0.25, -0.2) is 9.97 Å². The van der Waals surface area contributed by atoms with Crippen molar-refractivity contribution in [2.45, 2.75) is 20.5 Å². The number of anilines is 1. The molecule has 0 amide bonds. The Balaban J connectivity index is 1.90. The van der Waals surface area contributed by atoms with E-state index < -0.39 is 0 Å². The Hall–Kier alpha value is -1.79. The van der Waals surface area contributed by atoms with E-state index in [0.29, 0.717) is 12.6 Å². The summed E-state index contributed by atoms with van der Waals surface area (Å²) < 4.78 is 4.11. The van der Waals surface area contributed by atoms with Crippen LogP contribution in [0.2, 0.25) is 0 Å². The number of aryl methyl sites for hydroxylation is 2. The van der Waals surface area contributed by atoms with Gasteiger partial charge in [-0.2, -0.15) is 0 Å². The predicted molar refractivity (Wildman–Crippen MR) is 85.8 cm³/mol. The summed E-state index contributed by atoms with van der Waals surface area (Å²) in [6.07, 6.45) is 0. The number of para-hydroxylation sites is 1. The van der Waals surface area contributed by atoms with Crippen molar-refractivity contribution < 1.29 is 0 Å². The van der Waals surface area contributed by atoms with E-state index in [9.17, 15) is 0 Å². The second-order valence-electron chi connectivity index (χ2n) is 4.57. The summed E-state index contributed by atoms with van der Waals surface area (Å²) in [6, 6.07) is 10.2. The summed E-state index contributed by atoms with van der Waals surface area (Å²) in [7, 11) is 0. The van der Waals surface area contributed by atoms with Gasteiger partial charge in [-0.05, 0) is 44.3 Å². The molecule has 3 aromatic rings. The molecule has 0 radical (unpaired) electrons. The Morgan fingerprint density at radius 1 is 1.20 bits per heavy atom. The molecule has 6 heteroatoms. The van der Waals surface area contributed by atoms with Gasteiger partial charge in [-0.1, -0.05) is 12.1 Å². The van der Waals surface area contributed by atoms with Gasteiger partial charge in [0.25, 0.3) is 0 Å². The monoisotopic (exact) mass is 302 g/mol. The molecule has 0 saturated carbocycles. The molecule has 20 heavy (non-hydrogen) atoms. The van der Waals surface area contributed by atoms with Crippen LogP contribution in [0.1, 0.15) is 11.4 Å². The molecule has 0 aliphatic carbocycles. The summed E-state index contributed by atoms with van der Waals surface area (Å²) in [5, 5.41) is 3.24. The third kappa shape index (κ3) is 2.57. The van der Waals surface area contributed by atoms with Crippen molar-refractivity contribution >= 4 is 39.7 Å². The largest absolute Gasteiger partial charge is 0.336 e. The molecule has 0 aliphatic heterocycles. The fourth-order valence-corrected chi connectivity index (χ4v) is 3.44. The zero-order valence-electron chi connectivity index (χ0n) is 11.3. The van der Waals surface area contributed by atoms with Gasteiger partial charge in [0.15, 0.2) is 3.95 Å². The van der Waals surface area contributed by atoms with E-state index in [1.165, 1.54) is 4.70 Å². The maximum Gasteiger partial charge on any atom is 0.224 e. The highest BCUT2D eigenvalue weighted by Crippen LogP contribution is 2.22. The van der Waals surface area contributed by atoms with Gasteiger partial charge in [0, 0.05) is 11.4 Å². The van der Waals surface area contributed by atoms with Gasteiger partial charge in [0.2, 0.25) is 5.95 Å². The molecule has 2 aromatic heterocycles. The van der Waals surface area contributed by atoms with Gasteiger partial charge in [-0.15, -0.1) is 11.3 Å². The molecule has 0 bridgehead atoms. The van der Waals surface area contributed by atoms with Crippen LogP contribution in [0.25, 0.3) is 10.2 Å². The van der Waals surface area contributed by atoms with E-state index in [-0.39, 0.29) is 0 Å². The van der Waals surface area contributed by atoms with Crippen molar-refractivity contribution in [3.05, 3.63) is 45.7 Å². The second kappa shape index (κ2) is 5.30. The molecule has 2 heterocycles. The molecule has 1 N–H and O–H groups in total. The first-order valence-corrected chi connectivity index (χ1v) is 7.50. The van der Waals surface area contributed by atoms with Gasteiger partial charge in [-0.3, -0.25) is 0 Å². The van der Waals surface area contributed by atoms with Crippen LogP contribution in [0.5, 0.6) is 0 Å². The van der Waals surface area contributed by atoms with Crippen LogP contribution in [0.15, 0.2) is 30.3 Å². The normalized spacial score (nSPS) is 10.9. The van der Waals surface area contributed by atoms with Crippen molar-refractivity contribution in [1.29, 1.82) is 0 Å². The highest BCUT2D eigenvalue weighted by molar-refractivity contribution is 7.73. The van der Waals surface area contributed by atoms with Crippen LogP contribution >= 0.6 is 23.6 Å². The van der Waals surface area contributed by atoms with Gasteiger partial charge >= 0.3 is 0 Å². The average Bonchev–Trinajstić information content (AvgIpc) is 2.71. The standard InChI is InChI=1S/C14H14N4S2/c1-9-7-10(2)17-13(16-9)15-8-18-11-5-3-4-6-12(11)20-14(18)19/h3-7H,8H2,1-2H3,(H,15,16,17). The minimum atomic E-state index is 0.575. The quantitative estimate of drug-likeness (QED) is 0.745. The van der Waals surface area contributed by atoms with Gasteiger partial charge in [0.1, 0.15) is 0 Å². The van der Waals surface area contributed by atoms with Crippen molar-refractivity contribution in [3.8, 4) is 0 Å². The maximum absolute atomic E-state index is 5.42. The lowest BCUT2D eigenvalue weighted by Crippen LogP contribution is -2.10. The first kappa shape index (κ1) is 13.2. The summed E-state index contributed by atoms with van der Waals surface area (Å²) in [5.74, 6) is 0.639. The number of thiazole rings is 1. The van der Waals surface area contributed by atoms with E-state index in [1.54, 1.807) is 11.3 Å². The van der Waals surface area contributed by atoms with Crippen molar-refractivity contribution in [3.63, 3.8) is 0 Å². The van der Waals surface area contributed by atoms with E-state index >= 15 is 0 Å². The number of aromatic nitrogens is 3. The fourth-order valence-electron chi connectivity index (χ4n) is 2.12. The minimum absolute atomic E-state index is 0.575. The maximum atomic E-state index is 5.42. The Labute approximate surface area is 126 Å². The molecule has 0 aliphatic rings. The second-order valence-corrected chi connectivity index (χ2v) is 6.25. The summed E-state index contributed by atoms with van der Waals surface area (Å²) in [5.41, 5.74) is 3.05. The Morgan fingerprint density at radius 3 is 2.65 bits per heavy atom. The van der Waals surface area contributed by atoms with Crippen LogP contribution in [0.3, 0.4) is 0 Å². The molecule has 102 valence electrons. The number of hydrogen-bond acceptors (Lipinski definition) is 5. The Bertz CT molecular complexity index is 799. The highest BCUT2D eigenvalue weighted by Gasteiger charge is 2.05. The van der Waals surface area contributed by atoms with E-state index in [4.69, 9.17) is 12.2 Å². The molecular formula is C14H14N4S2. The molecule has 0 spiro atoms. The van der Waals surface area contributed by atoms with Gasteiger partial charge in [0.05, 0.1) is 16.9 Å². The lowest BCUT2D eigenvalue weighted by molar-refractivity contribution is 0.791. The number of fused-ring (bicyclic) bond motifs is 1. The molecule has 0 unspecified atom stereocenters. The molecule has 0 fully saturated rings. The molecule has 1 aromatic carbocycles. The van der Waals surface area contributed by atoms with Crippen molar-refractivity contribution in [2.75, 3.05) is 5.32 Å². The summed E-state index contributed by atoms with van der Waals surface area (Å²) in [4.78, 5) is 8.75. The van der Waals surface area contributed by atoms with Crippen LogP contribution in [0, 0.1) is 17.8 Å². The molecular weight excluding hydrogens is 288 g/mol. The Kier molecular flexibility index (Phi) is 3.50. The van der Waals surface area contributed by atoms with Crippen molar-refractivity contribution in [2.24, 2.45) is 0 Å². The zero-order chi connectivity index (χ0) is 14.1. The average molecular weight is 302 g/mol. The topological polar surface area (TPSA) is 42.7 Å². The van der Waals surface area contributed by atoms with E-state index in [2.05, 4.69) is 32.0 Å². The molecule has 0 atom stereocenters. The third-order valence-corrected chi connectivity index (χ3v) is 4.38. The third-order valence-electron chi connectivity index (χ3n) is 2.95. The lowest BCUT2D eigenvalue weighted by atomic mass is 10.3. The SMILES string of the molecule is Cc1cc(C)nc(NCn2c(=S)sc3ccccc32)n1. The minimum Gasteiger partial charge on any atom is -0.336 e. The molecule has 3 rings (SSSR count). The van der Waals surface area contributed by atoms with Crippen LogP contribution in [-0.4, -0.2) is 14.5 Å². The smallest absolute Gasteiger partial charge is 0.224 e. The summed E-state index contributed by atoms with van der Waals surface area (Å²) in [6.45, 7) is 4.50. The molecule has 0 saturated heterocycles. The summed E-state index contributed by atoms with van der Waals surface area (Å²) >= 11 is 7.04. The Morgan fingerprint density at radius 2 is 1.90 bits per heavy atom. The number of benzene rings is 1. The zero-order valence-corrected chi connectivity index (χ0v) is 12.9. The highest BCUT2D eigenvalue weighted by atomic mass is 32.1. The molecule has 4 nitrogen and oxygen atoms in total. The number of rotatable bonds is 3. The van der Waals surface area contributed by atoms with Crippen LogP contribution in [0.4, 0.5) is 5.95 Å². The van der Waals surface area contributed by atoms with Gasteiger partial charge < -0.3 is 9.88 Å². The predicted octanol–water partition coefficient (Wildman–Crippen LogP) is 3.91. The van der Waals surface area contributed by atoms with Crippen LogP contribution < -0.4 is 5.32 Å².